The van der Waals surface area contributed by atoms with Gasteiger partial charge < -0.3 is 10.6 Å². The molecule has 3 aliphatic rings. The Morgan fingerprint density at radius 1 is 1.33 bits per heavy atom. The highest BCUT2D eigenvalue weighted by Crippen LogP contribution is 2.35. The van der Waals surface area contributed by atoms with Gasteiger partial charge >= 0.3 is 0 Å². The summed E-state index contributed by atoms with van der Waals surface area (Å²) in [5, 5.41) is 6.65. The molecule has 0 aromatic heterocycles. The van der Waals surface area contributed by atoms with E-state index in [9.17, 15) is 4.79 Å². The molecule has 2 N–H and O–H groups in total. The third-order valence-corrected chi connectivity index (χ3v) is 4.94. The number of hydrogen-bond acceptors (Lipinski definition) is 3. The molecule has 1 saturated carbocycles. The number of carbonyl (C=O) groups is 1. The fourth-order valence-electron chi connectivity index (χ4n) is 3.85. The molecule has 0 aromatic rings. The van der Waals surface area contributed by atoms with Gasteiger partial charge in [0.1, 0.15) is 0 Å². The van der Waals surface area contributed by atoms with Crippen LogP contribution in [0.15, 0.2) is 0 Å². The van der Waals surface area contributed by atoms with Crippen LogP contribution in [0.4, 0.5) is 0 Å². The van der Waals surface area contributed by atoms with E-state index in [2.05, 4.69) is 15.5 Å². The third kappa shape index (κ3) is 2.69. The van der Waals surface area contributed by atoms with Crippen LogP contribution in [0.3, 0.4) is 0 Å². The first-order chi connectivity index (χ1) is 8.76. The lowest BCUT2D eigenvalue weighted by Crippen LogP contribution is -2.41. The summed E-state index contributed by atoms with van der Waals surface area (Å²) in [4.78, 5) is 14.3. The molecule has 0 aromatic carbocycles. The van der Waals surface area contributed by atoms with E-state index < -0.39 is 0 Å². The van der Waals surface area contributed by atoms with Crippen molar-refractivity contribution in [1.29, 1.82) is 0 Å². The topological polar surface area (TPSA) is 44.4 Å². The molecule has 1 unspecified atom stereocenters. The summed E-state index contributed by atoms with van der Waals surface area (Å²) in [5.41, 5.74) is 0.480. The normalized spacial score (nSPS) is 33.6. The van der Waals surface area contributed by atoms with Gasteiger partial charge in [-0.2, -0.15) is 0 Å². The fraction of sp³-hybridized carbons (Fsp3) is 0.929. The van der Waals surface area contributed by atoms with E-state index in [0.717, 1.165) is 26.2 Å². The first kappa shape index (κ1) is 12.4. The summed E-state index contributed by atoms with van der Waals surface area (Å²) in [6, 6.07) is 0.460. The van der Waals surface area contributed by atoms with Crippen LogP contribution in [-0.2, 0) is 4.79 Å². The molecule has 3 rings (SSSR count). The molecule has 1 spiro atoms. The minimum atomic E-state index is 0.241. The Morgan fingerprint density at radius 2 is 2.17 bits per heavy atom. The summed E-state index contributed by atoms with van der Waals surface area (Å²) in [6.07, 6.45) is 7.47. The molecule has 18 heavy (non-hydrogen) atoms. The second-order valence-electron chi connectivity index (χ2n) is 6.44. The van der Waals surface area contributed by atoms with E-state index in [1.54, 1.807) is 0 Å². The summed E-state index contributed by atoms with van der Waals surface area (Å²) in [5.74, 6) is 0.241. The van der Waals surface area contributed by atoms with Crippen molar-refractivity contribution < 1.29 is 4.79 Å². The Labute approximate surface area is 109 Å². The maximum absolute atomic E-state index is 12.0. The lowest BCUT2D eigenvalue weighted by molar-refractivity contribution is -0.122. The molecule has 3 fully saturated rings. The maximum atomic E-state index is 12.0. The van der Waals surface area contributed by atoms with E-state index in [1.807, 2.05) is 0 Å². The smallest absolute Gasteiger partial charge is 0.234 e. The van der Waals surface area contributed by atoms with Crippen LogP contribution in [0.5, 0.6) is 0 Å². The van der Waals surface area contributed by atoms with Gasteiger partial charge in [0, 0.05) is 19.1 Å². The van der Waals surface area contributed by atoms with Crippen LogP contribution < -0.4 is 10.6 Å². The Morgan fingerprint density at radius 3 is 2.89 bits per heavy atom. The molecular weight excluding hydrogens is 226 g/mol. The highest BCUT2D eigenvalue weighted by molar-refractivity contribution is 5.78. The minimum absolute atomic E-state index is 0.241. The van der Waals surface area contributed by atoms with E-state index in [4.69, 9.17) is 0 Å². The predicted molar refractivity (Wildman–Crippen MR) is 71.4 cm³/mol. The number of rotatable bonds is 3. The molecule has 0 radical (unpaired) electrons. The highest BCUT2D eigenvalue weighted by Gasteiger charge is 2.40. The largest absolute Gasteiger partial charge is 0.352 e. The number of nitrogens with one attached hydrogen (secondary N) is 2. The summed E-state index contributed by atoms with van der Waals surface area (Å²) < 4.78 is 0. The molecule has 2 aliphatic heterocycles. The first-order valence-corrected chi connectivity index (χ1v) is 7.48. The fourth-order valence-corrected chi connectivity index (χ4v) is 3.85. The van der Waals surface area contributed by atoms with Crippen molar-refractivity contribution in [2.75, 3.05) is 32.7 Å². The Hall–Kier alpha value is -0.610. The molecule has 2 heterocycles. The lowest BCUT2D eigenvalue weighted by Gasteiger charge is -2.23. The zero-order valence-electron chi connectivity index (χ0n) is 11.2. The molecular formula is C14H25N3O. The van der Waals surface area contributed by atoms with Crippen molar-refractivity contribution in [3.8, 4) is 0 Å². The average molecular weight is 251 g/mol. The molecule has 4 nitrogen and oxygen atoms in total. The van der Waals surface area contributed by atoms with Crippen LogP contribution in [0.1, 0.15) is 38.5 Å². The van der Waals surface area contributed by atoms with E-state index >= 15 is 0 Å². The number of nitrogens with zero attached hydrogens (tertiary/aromatic N) is 1. The highest BCUT2D eigenvalue weighted by atomic mass is 16.2. The van der Waals surface area contributed by atoms with Gasteiger partial charge in [0.25, 0.3) is 0 Å². The zero-order chi connectivity index (χ0) is 12.4. The van der Waals surface area contributed by atoms with Crippen molar-refractivity contribution in [1.82, 2.24) is 15.5 Å². The second-order valence-corrected chi connectivity index (χ2v) is 6.44. The Kier molecular flexibility index (Phi) is 3.57. The Balaban J connectivity index is 1.44. The van der Waals surface area contributed by atoms with Gasteiger partial charge in [0.15, 0.2) is 0 Å². The quantitative estimate of drug-likeness (QED) is 0.777. The van der Waals surface area contributed by atoms with Gasteiger partial charge in [0.2, 0.25) is 5.91 Å². The van der Waals surface area contributed by atoms with E-state index in [1.165, 1.54) is 38.5 Å². The lowest BCUT2D eigenvalue weighted by atomic mass is 9.87. The van der Waals surface area contributed by atoms with Crippen molar-refractivity contribution >= 4 is 5.91 Å². The van der Waals surface area contributed by atoms with Crippen LogP contribution in [-0.4, -0.2) is 49.6 Å². The SMILES string of the molecule is O=C(CN1CCC2(CCNC2)C1)NC1CCCC1. The second kappa shape index (κ2) is 5.17. The molecule has 1 amide bonds. The van der Waals surface area contributed by atoms with Crippen molar-refractivity contribution in [3.05, 3.63) is 0 Å². The van der Waals surface area contributed by atoms with Gasteiger partial charge in [0.05, 0.1) is 6.54 Å². The number of carbonyl (C=O) groups excluding carboxylic acids is 1. The van der Waals surface area contributed by atoms with Gasteiger partial charge in [-0.1, -0.05) is 12.8 Å². The van der Waals surface area contributed by atoms with Crippen LogP contribution in [0.2, 0.25) is 0 Å². The van der Waals surface area contributed by atoms with Crippen molar-refractivity contribution in [2.24, 2.45) is 5.41 Å². The number of amides is 1. The molecule has 1 atom stereocenters. The number of hydrogen-bond donors (Lipinski definition) is 2. The first-order valence-electron chi connectivity index (χ1n) is 7.48. The van der Waals surface area contributed by atoms with E-state index in [0.29, 0.717) is 18.0 Å². The summed E-state index contributed by atoms with van der Waals surface area (Å²) >= 11 is 0. The molecule has 4 heteroatoms. The molecule has 1 aliphatic carbocycles. The zero-order valence-corrected chi connectivity index (χ0v) is 11.2. The van der Waals surface area contributed by atoms with Crippen LogP contribution >= 0.6 is 0 Å². The van der Waals surface area contributed by atoms with Crippen LogP contribution in [0.25, 0.3) is 0 Å². The van der Waals surface area contributed by atoms with Gasteiger partial charge in [-0.25, -0.2) is 0 Å². The Bertz CT molecular complexity index is 306. The van der Waals surface area contributed by atoms with Crippen molar-refractivity contribution in [3.63, 3.8) is 0 Å². The summed E-state index contributed by atoms with van der Waals surface area (Å²) in [7, 11) is 0. The maximum Gasteiger partial charge on any atom is 0.234 e. The van der Waals surface area contributed by atoms with Gasteiger partial charge in [-0.3, -0.25) is 9.69 Å². The number of likely N-dealkylation sites (tertiary alicyclic amines) is 1. The van der Waals surface area contributed by atoms with Gasteiger partial charge in [-0.15, -0.1) is 0 Å². The molecule has 102 valence electrons. The monoisotopic (exact) mass is 251 g/mol. The molecule has 2 saturated heterocycles. The van der Waals surface area contributed by atoms with Crippen molar-refractivity contribution in [2.45, 2.75) is 44.6 Å². The minimum Gasteiger partial charge on any atom is -0.352 e. The third-order valence-electron chi connectivity index (χ3n) is 4.94. The predicted octanol–water partition coefficient (Wildman–Crippen LogP) is 0.731. The van der Waals surface area contributed by atoms with Crippen LogP contribution in [0, 0.1) is 5.41 Å². The molecule has 0 bridgehead atoms. The van der Waals surface area contributed by atoms with Gasteiger partial charge in [-0.05, 0) is 44.2 Å². The van der Waals surface area contributed by atoms with E-state index in [-0.39, 0.29) is 5.91 Å². The standard InChI is InChI=1S/C14H25N3O/c18-13(16-12-3-1-2-4-12)9-17-8-6-14(11-17)5-7-15-10-14/h12,15H,1-11H2,(H,16,18). The summed E-state index contributed by atoms with van der Waals surface area (Å²) in [6.45, 7) is 5.12. The average Bonchev–Trinajstić information content (AvgIpc) is 3.04.